The number of rotatable bonds is 1. The average Bonchev–Trinajstić information content (AvgIpc) is 3.09. The standard InChI is InChI=1S/C18H13N5/c1-12-3-2-4-13(9-12)23-15-5-6-19-10-14(15)17-18(23)22-8-7-20-11-16(22)21-17/h2-11H,1H3. The predicted octanol–water partition coefficient (Wildman–Crippen LogP) is 3.53. The second-order valence-corrected chi connectivity index (χ2v) is 5.66. The first kappa shape index (κ1) is 12.3. The van der Waals surface area contributed by atoms with Gasteiger partial charge in [-0.2, -0.15) is 0 Å². The maximum atomic E-state index is 4.75. The van der Waals surface area contributed by atoms with E-state index in [9.17, 15) is 0 Å². The predicted molar refractivity (Wildman–Crippen MR) is 89.9 cm³/mol. The summed E-state index contributed by atoms with van der Waals surface area (Å²) in [6.45, 7) is 2.10. The highest BCUT2D eigenvalue weighted by atomic mass is 15.2. The molecule has 0 bridgehead atoms. The van der Waals surface area contributed by atoms with Crippen molar-refractivity contribution in [3.8, 4) is 5.69 Å². The van der Waals surface area contributed by atoms with Crippen molar-refractivity contribution in [1.82, 2.24) is 23.9 Å². The Bertz CT molecular complexity index is 1180. The lowest BCUT2D eigenvalue weighted by atomic mass is 10.2. The summed E-state index contributed by atoms with van der Waals surface area (Å²) in [5, 5.41) is 1.05. The number of aryl methyl sites for hydroxylation is 1. The molecular formula is C18H13N5. The van der Waals surface area contributed by atoms with Crippen LogP contribution in [0.5, 0.6) is 0 Å². The third-order valence-corrected chi connectivity index (χ3v) is 4.17. The molecule has 1 aromatic carbocycles. The lowest BCUT2D eigenvalue weighted by Crippen LogP contribution is -1.98. The molecule has 5 rings (SSSR count). The maximum absolute atomic E-state index is 4.75. The Morgan fingerprint density at radius 3 is 2.83 bits per heavy atom. The Balaban J connectivity index is 2.06. The van der Waals surface area contributed by atoms with Gasteiger partial charge in [0, 0.05) is 35.9 Å². The van der Waals surface area contributed by atoms with Crippen molar-refractivity contribution < 1.29 is 0 Å². The maximum Gasteiger partial charge on any atom is 0.157 e. The van der Waals surface area contributed by atoms with E-state index in [4.69, 9.17) is 4.98 Å². The number of nitrogens with zero attached hydrogens (tertiary/aromatic N) is 5. The first-order valence-electron chi connectivity index (χ1n) is 7.46. The Morgan fingerprint density at radius 2 is 1.91 bits per heavy atom. The van der Waals surface area contributed by atoms with Crippen LogP contribution < -0.4 is 0 Å². The lowest BCUT2D eigenvalue weighted by Gasteiger charge is -2.08. The summed E-state index contributed by atoms with van der Waals surface area (Å²) in [5.74, 6) is 0. The molecule has 0 amide bonds. The van der Waals surface area contributed by atoms with Gasteiger partial charge in [0.1, 0.15) is 5.52 Å². The van der Waals surface area contributed by atoms with Crippen molar-refractivity contribution in [2.45, 2.75) is 6.92 Å². The first-order valence-corrected chi connectivity index (χ1v) is 7.46. The van der Waals surface area contributed by atoms with Crippen LogP contribution in [-0.4, -0.2) is 23.9 Å². The van der Waals surface area contributed by atoms with Gasteiger partial charge in [0.25, 0.3) is 0 Å². The second-order valence-electron chi connectivity index (χ2n) is 5.66. The van der Waals surface area contributed by atoms with E-state index in [1.54, 1.807) is 12.4 Å². The van der Waals surface area contributed by atoms with Gasteiger partial charge in [0.05, 0.1) is 11.7 Å². The van der Waals surface area contributed by atoms with Gasteiger partial charge in [-0.1, -0.05) is 12.1 Å². The van der Waals surface area contributed by atoms with E-state index in [1.807, 2.05) is 24.7 Å². The molecule has 5 aromatic rings. The minimum atomic E-state index is 0.838. The number of hydrogen-bond donors (Lipinski definition) is 0. The molecule has 0 fully saturated rings. The summed E-state index contributed by atoms with van der Waals surface area (Å²) < 4.78 is 4.31. The highest BCUT2D eigenvalue weighted by molar-refractivity contribution is 6.06. The summed E-state index contributed by atoms with van der Waals surface area (Å²) >= 11 is 0. The van der Waals surface area contributed by atoms with Gasteiger partial charge in [-0.3, -0.25) is 18.9 Å². The molecule has 0 spiro atoms. The zero-order chi connectivity index (χ0) is 15.4. The number of hydrogen-bond acceptors (Lipinski definition) is 3. The molecule has 23 heavy (non-hydrogen) atoms. The van der Waals surface area contributed by atoms with Crippen LogP contribution in [0.15, 0.2) is 61.3 Å². The van der Waals surface area contributed by atoms with Gasteiger partial charge >= 0.3 is 0 Å². The van der Waals surface area contributed by atoms with E-state index in [2.05, 4.69) is 50.1 Å². The Labute approximate surface area is 131 Å². The molecule has 0 atom stereocenters. The molecule has 0 N–H and O–H groups in total. The third-order valence-electron chi connectivity index (χ3n) is 4.17. The van der Waals surface area contributed by atoms with E-state index in [0.29, 0.717) is 0 Å². The molecule has 0 saturated heterocycles. The number of pyridine rings is 1. The van der Waals surface area contributed by atoms with E-state index in [0.717, 1.165) is 33.4 Å². The van der Waals surface area contributed by atoms with E-state index in [1.165, 1.54) is 5.56 Å². The van der Waals surface area contributed by atoms with Gasteiger partial charge in [-0.05, 0) is 30.7 Å². The molecule has 5 nitrogen and oxygen atoms in total. The molecule has 0 radical (unpaired) electrons. The molecule has 0 aliphatic carbocycles. The van der Waals surface area contributed by atoms with Crippen LogP contribution in [0, 0.1) is 6.92 Å². The Hall–Kier alpha value is -3.21. The highest BCUT2D eigenvalue weighted by Gasteiger charge is 2.17. The average molecular weight is 299 g/mol. The second kappa shape index (κ2) is 4.39. The first-order chi connectivity index (χ1) is 11.3. The minimum Gasteiger partial charge on any atom is -0.293 e. The molecule has 0 aliphatic heterocycles. The van der Waals surface area contributed by atoms with Crippen LogP contribution in [0.1, 0.15) is 5.56 Å². The Kier molecular flexibility index (Phi) is 2.36. The van der Waals surface area contributed by atoms with Crippen molar-refractivity contribution >= 4 is 27.7 Å². The number of fused-ring (bicyclic) bond motifs is 5. The van der Waals surface area contributed by atoms with Crippen LogP contribution in [-0.2, 0) is 0 Å². The van der Waals surface area contributed by atoms with Crippen molar-refractivity contribution in [3.05, 3.63) is 66.9 Å². The minimum absolute atomic E-state index is 0.838. The molecule has 4 heterocycles. The topological polar surface area (TPSA) is 48.0 Å². The van der Waals surface area contributed by atoms with Crippen LogP contribution in [0.3, 0.4) is 0 Å². The zero-order valence-corrected chi connectivity index (χ0v) is 12.5. The SMILES string of the molecule is Cc1cccc(-n2c3ccncc3c3nc4cnccn4c32)c1. The fourth-order valence-electron chi connectivity index (χ4n) is 3.20. The van der Waals surface area contributed by atoms with Crippen molar-refractivity contribution in [2.75, 3.05) is 0 Å². The molecule has 110 valence electrons. The number of benzene rings is 1. The zero-order valence-electron chi connectivity index (χ0n) is 12.5. The van der Waals surface area contributed by atoms with Crippen molar-refractivity contribution in [2.24, 2.45) is 0 Å². The summed E-state index contributed by atoms with van der Waals surface area (Å²) in [7, 11) is 0. The molecule has 5 heteroatoms. The third kappa shape index (κ3) is 1.64. The van der Waals surface area contributed by atoms with E-state index >= 15 is 0 Å². The van der Waals surface area contributed by atoms with Crippen LogP contribution in [0.25, 0.3) is 33.4 Å². The molecule has 0 saturated carbocycles. The summed E-state index contributed by atoms with van der Waals surface area (Å²) in [5.41, 5.74) is 6.27. The summed E-state index contributed by atoms with van der Waals surface area (Å²) in [4.78, 5) is 13.2. The summed E-state index contributed by atoms with van der Waals surface area (Å²) in [6, 6.07) is 10.5. The Morgan fingerprint density at radius 1 is 1.00 bits per heavy atom. The normalized spacial score (nSPS) is 11.7. The van der Waals surface area contributed by atoms with E-state index < -0.39 is 0 Å². The van der Waals surface area contributed by atoms with Gasteiger partial charge in [0.15, 0.2) is 11.3 Å². The fourth-order valence-corrected chi connectivity index (χ4v) is 3.20. The van der Waals surface area contributed by atoms with Gasteiger partial charge < -0.3 is 0 Å². The van der Waals surface area contributed by atoms with Crippen molar-refractivity contribution in [1.29, 1.82) is 0 Å². The van der Waals surface area contributed by atoms with Gasteiger partial charge in [-0.25, -0.2) is 4.98 Å². The largest absolute Gasteiger partial charge is 0.293 e. The van der Waals surface area contributed by atoms with Crippen LogP contribution in [0.4, 0.5) is 0 Å². The monoisotopic (exact) mass is 299 g/mol. The van der Waals surface area contributed by atoms with E-state index in [-0.39, 0.29) is 0 Å². The van der Waals surface area contributed by atoms with Crippen molar-refractivity contribution in [3.63, 3.8) is 0 Å². The molecule has 0 unspecified atom stereocenters. The van der Waals surface area contributed by atoms with Gasteiger partial charge in [0.2, 0.25) is 0 Å². The van der Waals surface area contributed by atoms with Gasteiger partial charge in [-0.15, -0.1) is 0 Å². The molecule has 0 aliphatic rings. The summed E-state index contributed by atoms with van der Waals surface area (Å²) in [6.07, 6.45) is 9.21. The van der Waals surface area contributed by atoms with Crippen LogP contribution >= 0.6 is 0 Å². The number of imidazole rings is 1. The quantitative estimate of drug-likeness (QED) is 0.476. The smallest absolute Gasteiger partial charge is 0.157 e. The number of aromatic nitrogens is 5. The van der Waals surface area contributed by atoms with Crippen LogP contribution in [0.2, 0.25) is 0 Å². The lowest BCUT2D eigenvalue weighted by molar-refractivity contribution is 1.07. The molecule has 4 aromatic heterocycles. The molecular weight excluding hydrogens is 286 g/mol. The fraction of sp³-hybridized carbons (Fsp3) is 0.0556. The highest BCUT2D eigenvalue weighted by Crippen LogP contribution is 2.31.